The van der Waals surface area contributed by atoms with Crippen LogP contribution in [0.5, 0.6) is 5.75 Å². The molecule has 1 saturated heterocycles. The molecule has 0 saturated carbocycles. The standard InChI is InChI=1S/C21H28N4O4S/c1-15-14-16(2)24-21(23-15)25-11-8-17(9-12-25)20(26)22-10-13-30(27,28)19-6-4-18(29-3)5-7-19/h4-7,14,17H,8-13H2,1-3H3,(H,22,26). The van der Waals surface area contributed by atoms with Crippen molar-refractivity contribution in [3.05, 3.63) is 41.7 Å². The number of nitrogens with zero attached hydrogens (tertiary/aromatic N) is 3. The highest BCUT2D eigenvalue weighted by atomic mass is 32.2. The molecule has 1 fully saturated rings. The number of aromatic nitrogens is 2. The molecule has 0 bridgehead atoms. The van der Waals surface area contributed by atoms with Gasteiger partial charge in [-0.15, -0.1) is 0 Å². The van der Waals surface area contributed by atoms with Crippen LogP contribution in [0.25, 0.3) is 0 Å². The number of carbonyl (C=O) groups is 1. The summed E-state index contributed by atoms with van der Waals surface area (Å²) in [6.45, 7) is 5.38. The zero-order chi connectivity index (χ0) is 21.7. The summed E-state index contributed by atoms with van der Waals surface area (Å²) in [4.78, 5) is 23.8. The summed E-state index contributed by atoms with van der Waals surface area (Å²) >= 11 is 0. The van der Waals surface area contributed by atoms with Crippen LogP contribution in [-0.4, -0.2) is 56.8 Å². The van der Waals surface area contributed by atoms with E-state index in [0.717, 1.165) is 11.4 Å². The van der Waals surface area contributed by atoms with Crippen molar-refractivity contribution in [3.8, 4) is 5.75 Å². The van der Waals surface area contributed by atoms with Gasteiger partial charge < -0.3 is 15.0 Å². The number of hydrogen-bond acceptors (Lipinski definition) is 7. The Labute approximate surface area is 177 Å². The van der Waals surface area contributed by atoms with E-state index in [9.17, 15) is 13.2 Å². The lowest BCUT2D eigenvalue weighted by atomic mass is 9.96. The maximum absolute atomic E-state index is 12.5. The van der Waals surface area contributed by atoms with E-state index in [1.165, 1.54) is 19.2 Å². The molecule has 2 aromatic rings. The van der Waals surface area contributed by atoms with Gasteiger partial charge in [0.05, 0.1) is 17.8 Å². The molecule has 1 amide bonds. The van der Waals surface area contributed by atoms with Crippen LogP contribution in [-0.2, 0) is 14.6 Å². The van der Waals surface area contributed by atoms with Crippen LogP contribution < -0.4 is 15.0 Å². The highest BCUT2D eigenvalue weighted by molar-refractivity contribution is 7.91. The van der Waals surface area contributed by atoms with Crippen LogP contribution >= 0.6 is 0 Å². The van der Waals surface area contributed by atoms with Crippen LogP contribution in [0.4, 0.5) is 5.95 Å². The molecule has 0 radical (unpaired) electrons. The zero-order valence-electron chi connectivity index (χ0n) is 17.6. The maximum atomic E-state index is 12.5. The SMILES string of the molecule is COc1ccc(S(=O)(=O)CCNC(=O)C2CCN(c3nc(C)cc(C)n3)CC2)cc1. The molecule has 0 spiro atoms. The van der Waals surface area contributed by atoms with Crippen molar-refractivity contribution in [2.24, 2.45) is 5.92 Å². The Hall–Kier alpha value is -2.68. The topological polar surface area (TPSA) is 101 Å². The molecule has 1 aliphatic rings. The summed E-state index contributed by atoms with van der Waals surface area (Å²) in [5.74, 6) is 0.939. The van der Waals surface area contributed by atoms with Gasteiger partial charge in [0, 0.05) is 36.9 Å². The number of carbonyl (C=O) groups excluding carboxylic acids is 1. The molecule has 8 nitrogen and oxygen atoms in total. The van der Waals surface area contributed by atoms with Crippen molar-refractivity contribution >= 4 is 21.7 Å². The number of amides is 1. The summed E-state index contributed by atoms with van der Waals surface area (Å²) in [5.41, 5.74) is 1.85. The van der Waals surface area contributed by atoms with Gasteiger partial charge in [-0.1, -0.05) is 0 Å². The van der Waals surface area contributed by atoms with E-state index in [-0.39, 0.29) is 29.0 Å². The number of methoxy groups -OCH3 is 1. The van der Waals surface area contributed by atoms with Gasteiger partial charge in [-0.3, -0.25) is 4.79 Å². The van der Waals surface area contributed by atoms with E-state index in [0.29, 0.717) is 37.6 Å². The third kappa shape index (κ3) is 5.47. The number of hydrogen-bond donors (Lipinski definition) is 1. The Morgan fingerprint density at radius 1 is 1.13 bits per heavy atom. The lowest BCUT2D eigenvalue weighted by molar-refractivity contribution is -0.125. The minimum Gasteiger partial charge on any atom is -0.497 e. The van der Waals surface area contributed by atoms with Crippen molar-refractivity contribution in [2.45, 2.75) is 31.6 Å². The van der Waals surface area contributed by atoms with Crippen LogP contribution in [0.15, 0.2) is 35.2 Å². The fourth-order valence-electron chi connectivity index (χ4n) is 3.54. The minimum atomic E-state index is -3.46. The van der Waals surface area contributed by atoms with Gasteiger partial charge in [-0.25, -0.2) is 18.4 Å². The van der Waals surface area contributed by atoms with E-state index < -0.39 is 9.84 Å². The van der Waals surface area contributed by atoms with Crippen LogP contribution in [0.3, 0.4) is 0 Å². The number of anilines is 1. The first kappa shape index (κ1) is 22.0. The molecule has 9 heteroatoms. The predicted molar refractivity (Wildman–Crippen MR) is 114 cm³/mol. The average Bonchev–Trinajstić information content (AvgIpc) is 2.73. The number of benzene rings is 1. The monoisotopic (exact) mass is 432 g/mol. The minimum absolute atomic E-state index is 0.0909. The Morgan fingerprint density at radius 3 is 2.30 bits per heavy atom. The van der Waals surface area contributed by atoms with Gasteiger partial charge in [-0.05, 0) is 57.0 Å². The fourth-order valence-corrected chi connectivity index (χ4v) is 4.70. The number of sulfone groups is 1. The van der Waals surface area contributed by atoms with E-state index in [4.69, 9.17) is 4.74 Å². The normalized spacial score (nSPS) is 15.1. The Bertz CT molecular complexity index is 964. The fraction of sp³-hybridized carbons (Fsp3) is 0.476. The second kappa shape index (κ2) is 9.42. The number of rotatable bonds is 7. The second-order valence-electron chi connectivity index (χ2n) is 7.50. The molecule has 162 valence electrons. The third-order valence-corrected chi connectivity index (χ3v) is 6.94. The number of piperidine rings is 1. The van der Waals surface area contributed by atoms with E-state index >= 15 is 0 Å². The second-order valence-corrected chi connectivity index (χ2v) is 9.61. The first-order chi connectivity index (χ1) is 14.3. The van der Waals surface area contributed by atoms with Gasteiger partial charge in [0.15, 0.2) is 9.84 Å². The Morgan fingerprint density at radius 2 is 1.73 bits per heavy atom. The highest BCUT2D eigenvalue weighted by Crippen LogP contribution is 2.21. The van der Waals surface area contributed by atoms with Gasteiger partial charge in [0.1, 0.15) is 5.75 Å². The van der Waals surface area contributed by atoms with E-state index in [1.807, 2.05) is 19.9 Å². The zero-order valence-corrected chi connectivity index (χ0v) is 18.4. The van der Waals surface area contributed by atoms with E-state index in [1.54, 1.807) is 12.1 Å². The lowest BCUT2D eigenvalue weighted by Crippen LogP contribution is -2.42. The predicted octanol–water partition coefficient (Wildman–Crippen LogP) is 1.91. The third-order valence-electron chi connectivity index (χ3n) is 5.21. The molecule has 2 heterocycles. The van der Waals surface area contributed by atoms with Gasteiger partial charge >= 0.3 is 0 Å². The molecular formula is C21H28N4O4S. The molecule has 1 aromatic carbocycles. The first-order valence-corrected chi connectivity index (χ1v) is 11.7. The largest absolute Gasteiger partial charge is 0.497 e. The molecule has 0 aliphatic carbocycles. The molecule has 3 rings (SSSR count). The van der Waals surface area contributed by atoms with E-state index in [2.05, 4.69) is 20.2 Å². The van der Waals surface area contributed by atoms with Crippen LogP contribution in [0, 0.1) is 19.8 Å². The van der Waals surface area contributed by atoms with Crippen molar-refractivity contribution in [1.82, 2.24) is 15.3 Å². The van der Waals surface area contributed by atoms with Crippen LogP contribution in [0.2, 0.25) is 0 Å². The molecule has 1 aromatic heterocycles. The van der Waals surface area contributed by atoms with Crippen molar-refractivity contribution in [3.63, 3.8) is 0 Å². The molecule has 1 aliphatic heterocycles. The summed E-state index contributed by atoms with van der Waals surface area (Å²) in [7, 11) is -1.93. The van der Waals surface area contributed by atoms with Crippen molar-refractivity contribution < 1.29 is 17.9 Å². The average molecular weight is 433 g/mol. The summed E-state index contributed by atoms with van der Waals surface area (Å²) < 4.78 is 29.9. The highest BCUT2D eigenvalue weighted by Gasteiger charge is 2.26. The van der Waals surface area contributed by atoms with Gasteiger partial charge in [-0.2, -0.15) is 0 Å². The number of nitrogens with one attached hydrogen (secondary N) is 1. The summed E-state index contributed by atoms with van der Waals surface area (Å²) in [6, 6.07) is 8.18. The number of aryl methyl sites for hydroxylation is 2. The first-order valence-electron chi connectivity index (χ1n) is 10.0. The Balaban J connectivity index is 1.47. The Kier molecular flexibility index (Phi) is 6.91. The molecule has 0 atom stereocenters. The smallest absolute Gasteiger partial charge is 0.225 e. The maximum Gasteiger partial charge on any atom is 0.225 e. The van der Waals surface area contributed by atoms with Gasteiger partial charge in [0.25, 0.3) is 0 Å². The molecule has 30 heavy (non-hydrogen) atoms. The molecule has 1 N–H and O–H groups in total. The molecule has 0 unspecified atom stereocenters. The van der Waals surface area contributed by atoms with Gasteiger partial charge in [0.2, 0.25) is 11.9 Å². The molecular weight excluding hydrogens is 404 g/mol. The summed E-state index contributed by atoms with van der Waals surface area (Å²) in [6.07, 6.45) is 1.38. The quantitative estimate of drug-likeness (QED) is 0.713. The van der Waals surface area contributed by atoms with Crippen molar-refractivity contribution in [2.75, 3.05) is 37.4 Å². The lowest BCUT2D eigenvalue weighted by Gasteiger charge is -2.31. The van der Waals surface area contributed by atoms with Crippen molar-refractivity contribution in [1.29, 1.82) is 0 Å². The van der Waals surface area contributed by atoms with Crippen LogP contribution in [0.1, 0.15) is 24.2 Å². The summed E-state index contributed by atoms with van der Waals surface area (Å²) in [5, 5.41) is 2.78. The number of ether oxygens (including phenoxy) is 1.